The van der Waals surface area contributed by atoms with Crippen molar-refractivity contribution < 1.29 is 14.7 Å². The molecule has 5 aromatic rings. The monoisotopic (exact) mass is 573 g/mol. The Kier molecular flexibility index (Phi) is 6.45. The highest BCUT2D eigenvalue weighted by Gasteiger charge is 2.63. The largest absolute Gasteiger partial charge is 0.507 e. The molecule has 2 aliphatic heterocycles. The number of benzene rings is 4. The second-order valence-corrected chi connectivity index (χ2v) is 11.4. The van der Waals surface area contributed by atoms with Gasteiger partial charge in [0, 0.05) is 57.0 Å². The van der Waals surface area contributed by atoms with Gasteiger partial charge in [0.25, 0.3) is 0 Å². The summed E-state index contributed by atoms with van der Waals surface area (Å²) in [6, 6.07) is 31.7. The van der Waals surface area contributed by atoms with Gasteiger partial charge in [0.1, 0.15) is 11.3 Å². The van der Waals surface area contributed by atoms with Gasteiger partial charge in [0.15, 0.2) is 5.78 Å². The molecule has 1 amide bonds. The van der Waals surface area contributed by atoms with Crippen LogP contribution in [0.25, 0.3) is 16.7 Å². The van der Waals surface area contributed by atoms with Gasteiger partial charge in [-0.05, 0) is 41.8 Å². The number of hydrogen-bond donors (Lipinski definition) is 4. The molecule has 6 nitrogen and oxygen atoms in total. The summed E-state index contributed by atoms with van der Waals surface area (Å²) in [6.07, 6.45) is 3.83. The Balaban J connectivity index is 1.41. The Bertz CT molecular complexity index is 1850. The standard InChI is InChI=1S/C35H28ClN3O3/c36-24-16-14-22(15-17-24)32-29(18-23-20-37-27-12-6-4-10-25(23)27)39-35(26-11-5-7-13-28(26)38-34(35)42)33(32)31(41)19-30(40)21-8-2-1-3-9-21/h1-17,19-20,29,32-33,37,39-40H,18H2,(H,38,42)/b30-19-/t29-,32-,33+,35+/m1/s1. The van der Waals surface area contributed by atoms with E-state index in [2.05, 4.69) is 21.7 Å². The van der Waals surface area contributed by atoms with Gasteiger partial charge in [0.05, 0.1) is 5.92 Å². The van der Waals surface area contributed by atoms with Gasteiger partial charge >= 0.3 is 0 Å². The molecular formula is C35H28ClN3O3. The lowest BCUT2D eigenvalue weighted by Gasteiger charge is -2.30. The van der Waals surface area contributed by atoms with Gasteiger partial charge in [-0.15, -0.1) is 0 Å². The predicted octanol–water partition coefficient (Wildman–Crippen LogP) is 6.75. The minimum Gasteiger partial charge on any atom is -0.507 e. The molecule has 1 fully saturated rings. The fourth-order valence-electron chi connectivity index (χ4n) is 6.84. The van der Waals surface area contributed by atoms with E-state index in [0.717, 1.165) is 27.6 Å². The summed E-state index contributed by atoms with van der Waals surface area (Å²) < 4.78 is 0. The molecule has 4 N–H and O–H groups in total. The van der Waals surface area contributed by atoms with Crippen LogP contribution in [-0.4, -0.2) is 27.8 Å². The number of halogens is 1. The van der Waals surface area contributed by atoms with Crippen molar-refractivity contribution in [3.8, 4) is 0 Å². The zero-order chi connectivity index (χ0) is 28.8. The topological polar surface area (TPSA) is 94.2 Å². The lowest BCUT2D eigenvalue weighted by atomic mass is 9.70. The number of rotatable bonds is 6. The van der Waals surface area contributed by atoms with Crippen molar-refractivity contribution >= 4 is 45.6 Å². The average molecular weight is 574 g/mol. The predicted molar refractivity (Wildman–Crippen MR) is 165 cm³/mol. The first-order valence-corrected chi connectivity index (χ1v) is 14.3. The van der Waals surface area contributed by atoms with Crippen LogP contribution in [0.15, 0.2) is 115 Å². The Labute approximate surface area is 248 Å². The third kappa shape index (κ3) is 4.23. The molecule has 2 aliphatic rings. The average Bonchev–Trinajstić information content (AvgIpc) is 3.66. The Morgan fingerprint density at radius 3 is 2.43 bits per heavy atom. The van der Waals surface area contributed by atoms with E-state index in [0.29, 0.717) is 22.7 Å². The SMILES string of the molecule is O=C(/C=C(\O)c1ccccc1)[C@H]1[C@H](c2ccc(Cl)cc2)[C@@H](Cc2c[nH]c3ccccc23)N[C@]12C(=O)Nc1ccccc12. The molecule has 1 spiro atoms. The Morgan fingerprint density at radius 1 is 0.905 bits per heavy atom. The molecule has 4 aromatic carbocycles. The highest BCUT2D eigenvalue weighted by molar-refractivity contribution is 6.30. The van der Waals surface area contributed by atoms with E-state index in [1.807, 2.05) is 79.0 Å². The number of amides is 1. The number of nitrogens with one attached hydrogen (secondary N) is 3. The number of H-pyrrole nitrogens is 1. The Hall–Kier alpha value is -4.65. The zero-order valence-corrected chi connectivity index (χ0v) is 23.3. The van der Waals surface area contributed by atoms with E-state index in [1.54, 1.807) is 24.3 Å². The van der Waals surface area contributed by atoms with Crippen LogP contribution in [0.1, 0.15) is 28.2 Å². The minimum absolute atomic E-state index is 0.141. The minimum atomic E-state index is -1.35. The lowest BCUT2D eigenvalue weighted by Crippen LogP contribution is -2.51. The summed E-state index contributed by atoms with van der Waals surface area (Å²) in [7, 11) is 0. The highest BCUT2D eigenvalue weighted by atomic mass is 35.5. The van der Waals surface area contributed by atoms with Gasteiger partial charge in [-0.3, -0.25) is 14.9 Å². The van der Waals surface area contributed by atoms with E-state index >= 15 is 0 Å². The van der Waals surface area contributed by atoms with Crippen LogP contribution in [-0.2, 0) is 21.5 Å². The third-order valence-electron chi connectivity index (χ3n) is 8.66. The first-order chi connectivity index (χ1) is 20.5. The van der Waals surface area contributed by atoms with Crippen LogP contribution in [0.2, 0.25) is 5.02 Å². The second-order valence-electron chi connectivity index (χ2n) is 11.0. The highest BCUT2D eigenvalue weighted by Crippen LogP contribution is 2.53. The van der Waals surface area contributed by atoms with Crippen molar-refractivity contribution in [2.45, 2.75) is 23.9 Å². The number of aliphatic hydroxyl groups excluding tert-OH is 1. The van der Waals surface area contributed by atoms with Gasteiger partial charge in [-0.2, -0.15) is 0 Å². The molecule has 0 radical (unpaired) electrons. The normalized spacial score (nSPS) is 23.3. The Morgan fingerprint density at radius 2 is 1.62 bits per heavy atom. The summed E-state index contributed by atoms with van der Waals surface area (Å²) >= 11 is 6.29. The number of aliphatic hydroxyl groups is 1. The first-order valence-electron chi connectivity index (χ1n) is 13.9. The molecule has 1 saturated heterocycles. The molecule has 7 rings (SSSR count). The molecule has 7 heteroatoms. The maximum Gasteiger partial charge on any atom is 0.250 e. The van der Waals surface area contributed by atoms with Crippen LogP contribution >= 0.6 is 11.6 Å². The molecule has 0 bridgehead atoms. The van der Waals surface area contributed by atoms with E-state index < -0.39 is 17.4 Å². The summed E-state index contributed by atoms with van der Waals surface area (Å²) in [5.74, 6) is -2.03. The lowest BCUT2D eigenvalue weighted by molar-refractivity contribution is -0.129. The molecule has 42 heavy (non-hydrogen) atoms. The van der Waals surface area contributed by atoms with Crippen LogP contribution in [0.3, 0.4) is 0 Å². The molecule has 0 aliphatic carbocycles. The van der Waals surface area contributed by atoms with Crippen LogP contribution < -0.4 is 10.6 Å². The fraction of sp³-hybridized carbons (Fsp3) is 0.143. The number of para-hydroxylation sites is 2. The molecule has 208 valence electrons. The van der Waals surface area contributed by atoms with E-state index in [4.69, 9.17) is 11.6 Å². The number of carbonyl (C=O) groups is 2. The van der Waals surface area contributed by atoms with Gasteiger partial charge < -0.3 is 15.4 Å². The quantitative estimate of drug-likeness (QED) is 0.133. The van der Waals surface area contributed by atoms with Gasteiger partial charge in [-0.25, -0.2) is 0 Å². The van der Waals surface area contributed by atoms with Crippen molar-refractivity contribution in [3.05, 3.63) is 143 Å². The van der Waals surface area contributed by atoms with Crippen LogP contribution in [0.5, 0.6) is 0 Å². The second kappa shape index (κ2) is 10.3. The number of fused-ring (bicyclic) bond motifs is 3. The summed E-state index contributed by atoms with van der Waals surface area (Å²) in [5, 5.41) is 19.4. The molecule has 0 unspecified atom stereocenters. The number of carbonyl (C=O) groups excluding carboxylic acids is 2. The number of hydrogen-bond acceptors (Lipinski definition) is 4. The molecule has 4 atom stereocenters. The van der Waals surface area contributed by atoms with E-state index in [9.17, 15) is 14.7 Å². The summed E-state index contributed by atoms with van der Waals surface area (Å²) in [4.78, 5) is 31.9. The van der Waals surface area contributed by atoms with Crippen molar-refractivity contribution in [1.82, 2.24) is 10.3 Å². The molecule has 1 aromatic heterocycles. The molecular weight excluding hydrogens is 546 g/mol. The molecule has 0 saturated carbocycles. The van der Waals surface area contributed by atoms with Crippen LogP contribution in [0, 0.1) is 5.92 Å². The first kappa shape index (κ1) is 26.3. The molecule has 3 heterocycles. The van der Waals surface area contributed by atoms with Crippen molar-refractivity contribution in [2.24, 2.45) is 5.92 Å². The fourth-order valence-corrected chi connectivity index (χ4v) is 6.96. The number of ketones is 1. The number of aromatic amines is 1. The van der Waals surface area contributed by atoms with Gasteiger partial charge in [0.2, 0.25) is 5.91 Å². The number of anilines is 1. The van der Waals surface area contributed by atoms with Crippen molar-refractivity contribution in [3.63, 3.8) is 0 Å². The maximum absolute atomic E-state index is 14.5. The van der Waals surface area contributed by atoms with Crippen molar-refractivity contribution in [2.75, 3.05) is 5.32 Å². The number of allylic oxidation sites excluding steroid dienone is 1. The summed E-state index contributed by atoms with van der Waals surface area (Å²) in [5.41, 5.74) is 3.57. The van der Waals surface area contributed by atoms with Gasteiger partial charge in [-0.1, -0.05) is 90.5 Å². The van der Waals surface area contributed by atoms with Crippen molar-refractivity contribution in [1.29, 1.82) is 0 Å². The maximum atomic E-state index is 14.5. The number of aromatic nitrogens is 1. The van der Waals surface area contributed by atoms with E-state index in [1.165, 1.54) is 6.08 Å². The van der Waals surface area contributed by atoms with E-state index in [-0.39, 0.29) is 23.5 Å². The third-order valence-corrected chi connectivity index (χ3v) is 8.91. The summed E-state index contributed by atoms with van der Waals surface area (Å²) in [6.45, 7) is 0. The zero-order valence-electron chi connectivity index (χ0n) is 22.6. The van der Waals surface area contributed by atoms with Crippen LogP contribution in [0.4, 0.5) is 5.69 Å². The smallest absolute Gasteiger partial charge is 0.250 e.